The lowest BCUT2D eigenvalue weighted by molar-refractivity contribution is -0.118. The van der Waals surface area contributed by atoms with Crippen molar-refractivity contribution in [3.63, 3.8) is 0 Å². The van der Waals surface area contributed by atoms with Gasteiger partial charge in [0.05, 0.1) is 56.7 Å². The average molecular weight is 1230 g/mol. The molecule has 84 heavy (non-hydrogen) atoms. The Morgan fingerprint density at radius 1 is 0.488 bits per heavy atom. The van der Waals surface area contributed by atoms with E-state index < -0.39 is 113 Å². The number of nitrogens with one attached hydrogen (secondary N) is 2. The van der Waals surface area contributed by atoms with Crippen molar-refractivity contribution in [2.75, 3.05) is 20.7 Å². The average Bonchev–Trinajstić information content (AvgIpc) is 3.23. The Kier molecular flexibility index (Phi) is 16.9. The van der Waals surface area contributed by atoms with Gasteiger partial charge < -0.3 is 20.8 Å². The lowest BCUT2D eigenvalue weighted by atomic mass is 10.1. The van der Waals surface area contributed by atoms with Crippen LogP contribution in [0.5, 0.6) is 0 Å². The lowest BCUT2D eigenvalue weighted by Crippen LogP contribution is -2.29. The zero-order valence-corrected chi connectivity index (χ0v) is 46.0. The predicted octanol–water partition coefficient (Wildman–Crippen LogP) is 7.80. The molecule has 0 fully saturated rings. The number of carboxylic acid groups (broad SMARTS) is 2. The maximum absolute atomic E-state index is 13.4. The van der Waals surface area contributed by atoms with Gasteiger partial charge in [0.2, 0.25) is 0 Å². The van der Waals surface area contributed by atoms with Crippen LogP contribution in [0.15, 0.2) is 172 Å². The van der Waals surface area contributed by atoms with Crippen molar-refractivity contribution >= 4 is 140 Å². The number of carbonyl (C=O) groups is 5. The van der Waals surface area contributed by atoms with Gasteiger partial charge in [-0.05, 0) is 109 Å². The molecule has 4 amide bonds. The molecule has 2 unspecified atom stereocenters. The number of carbonyl (C=O) groups excluding carboxylic acids is 3. The van der Waals surface area contributed by atoms with Crippen molar-refractivity contribution < 1.29 is 86.1 Å². The van der Waals surface area contributed by atoms with Gasteiger partial charge in [0.15, 0.2) is 12.1 Å². The highest BCUT2D eigenvalue weighted by molar-refractivity contribution is 7.86. The van der Waals surface area contributed by atoms with Crippen LogP contribution >= 0.6 is 0 Å². The Morgan fingerprint density at radius 3 is 1.19 bits per heavy atom. The molecule has 0 radical (unpaired) electrons. The highest BCUT2D eigenvalue weighted by Crippen LogP contribution is 2.33. The second kappa shape index (κ2) is 23.5. The first-order valence-corrected chi connectivity index (χ1v) is 29.3. The number of anilines is 4. The predicted molar refractivity (Wildman–Crippen MR) is 300 cm³/mol. The third kappa shape index (κ3) is 13.5. The van der Waals surface area contributed by atoms with Crippen molar-refractivity contribution in [2.24, 2.45) is 30.7 Å². The Hall–Kier alpha value is -9.87. The van der Waals surface area contributed by atoms with Crippen molar-refractivity contribution in [2.45, 2.75) is 45.5 Å². The second-order valence-electron chi connectivity index (χ2n) is 17.8. The summed E-state index contributed by atoms with van der Waals surface area (Å²) < 4.78 is 142. The fourth-order valence-corrected chi connectivity index (χ4v) is 10.8. The van der Waals surface area contributed by atoms with Crippen molar-refractivity contribution in [3.8, 4) is 0 Å². The van der Waals surface area contributed by atoms with Crippen LogP contribution in [0.4, 0.5) is 38.9 Å². The Balaban J connectivity index is 0.977. The summed E-state index contributed by atoms with van der Waals surface area (Å²) in [5.74, 6) is -4.22. The maximum Gasteiger partial charge on any atom is 0.337 e. The van der Waals surface area contributed by atoms with Gasteiger partial charge in [-0.2, -0.15) is 74.3 Å². The van der Waals surface area contributed by atoms with Crippen LogP contribution in [0.2, 0.25) is 0 Å². The highest BCUT2D eigenvalue weighted by atomic mass is 32.2. The molecule has 2 aliphatic heterocycles. The third-order valence-electron chi connectivity index (χ3n) is 12.0. The number of amides is 4. The van der Waals surface area contributed by atoms with Crippen LogP contribution in [-0.4, -0.2) is 115 Å². The third-order valence-corrected chi connectivity index (χ3v) is 15.6. The first-order chi connectivity index (χ1) is 39.4. The quantitative estimate of drug-likeness (QED) is 0.0231. The molecule has 8 rings (SSSR count). The molecule has 0 spiro atoms. The molecule has 2 heterocycles. The molecule has 8 N–H and O–H groups in total. The van der Waals surface area contributed by atoms with Crippen LogP contribution in [-0.2, 0) is 50.1 Å². The van der Waals surface area contributed by atoms with E-state index in [1.807, 2.05) is 0 Å². The van der Waals surface area contributed by atoms with Crippen molar-refractivity contribution in [1.82, 2.24) is 0 Å². The van der Waals surface area contributed by atoms with Gasteiger partial charge in [-0.1, -0.05) is 72.8 Å². The summed E-state index contributed by atoms with van der Waals surface area (Å²) in [5.41, 5.74) is -2.30. The Labute approximate surface area is 475 Å². The van der Waals surface area contributed by atoms with Crippen LogP contribution < -0.4 is 20.7 Å². The first-order valence-electron chi connectivity index (χ1n) is 23.5. The number of hydrazone groups is 2. The summed E-state index contributed by atoms with van der Waals surface area (Å²) in [6.07, 6.45) is 4.52. The largest absolute Gasteiger partial charge is 0.478 e. The fourth-order valence-electron chi connectivity index (χ4n) is 8.07. The molecule has 0 aliphatic carbocycles. The molecule has 6 aromatic rings. The van der Waals surface area contributed by atoms with E-state index >= 15 is 0 Å². The Bertz CT molecular complexity index is 4190. The molecular formula is C51H40N10O19S4. The van der Waals surface area contributed by atoms with Gasteiger partial charge >= 0.3 is 18.0 Å². The van der Waals surface area contributed by atoms with Crippen LogP contribution in [0.1, 0.15) is 56.8 Å². The molecule has 432 valence electrons. The van der Waals surface area contributed by atoms with Gasteiger partial charge in [-0.25, -0.2) is 14.4 Å². The normalized spacial score (nSPS) is 16.1. The zero-order chi connectivity index (χ0) is 61.2. The van der Waals surface area contributed by atoms with Gasteiger partial charge in [-0.15, -0.1) is 0 Å². The molecule has 0 bridgehead atoms. The molecule has 29 nitrogen and oxygen atoms in total. The monoisotopic (exact) mass is 1220 g/mol. The smallest absolute Gasteiger partial charge is 0.337 e. The van der Waals surface area contributed by atoms with Crippen LogP contribution in [0, 0.1) is 0 Å². The number of urea groups is 1. The molecule has 0 saturated heterocycles. The van der Waals surface area contributed by atoms with Gasteiger partial charge in [0, 0.05) is 0 Å². The van der Waals surface area contributed by atoms with Crippen LogP contribution in [0.3, 0.4) is 0 Å². The zero-order valence-electron chi connectivity index (χ0n) is 42.7. The summed E-state index contributed by atoms with van der Waals surface area (Å²) in [6.45, 7) is 2.84. The molecule has 0 aromatic heterocycles. The standard InChI is InChI=1S/C51H40N10O19S4/c1-27-45(56-54-37-9-5-3-7-35(37)49(64)65)47(62)60(58-27)33-19-17-31(41(25-33)81(69,70)71)15-11-29-13-21-39(43(23-29)83(75,76)77)52-51(68)53-40-22-14-30(24-44(40)84(78,79)80)12-16-32-18-20-34(26-42(32)82(72,73)74)61-48(63)46(28(2)59-61)57-55-38-10-6-4-8-36(38)50(66)67/h3-26,45-46H,1-2H3,(H,64,65)(H,66,67)(H2,52,53,68)(H,69,70,71)(H,72,73,74)(H,75,76,77)(H,78,79,80). The number of aromatic carboxylic acids is 2. The number of nitrogens with zero attached hydrogens (tertiary/aromatic N) is 8. The topological polar surface area (TPSA) is 448 Å². The number of hydrogen-bond acceptors (Lipinski definition) is 19. The van der Waals surface area contributed by atoms with E-state index in [0.29, 0.717) is 0 Å². The molecule has 2 atom stereocenters. The molecule has 2 aliphatic rings. The number of benzene rings is 6. The summed E-state index contributed by atoms with van der Waals surface area (Å²) in [4.78, 5) is 60.0. The SMILES string of the molecule is CC1=NN(c2ccc(C=Cc3ccc(NC(=O)Nc4ccc(C=Cc5ccc(N6N=C(C)C(N=Nc7ccccc7C(=O)O)C6=O)cc5S(=O)(=O)O)cc4S(=O)(=O)O)c(S(=O)(=O)O)c3)c(S(=O)(=O)O)c2)C(=O)C1N=Nc1ccccc1C(=O)O. The van der Waals surface area contributed by atoms with E-state index in [2.05, 4.69) is 41.3 Å². The van der Waals surface area contributed by atoms with Crippen LogP contribution in [0.25, 0.3) is 24.3 Å². The minimum atomic E-state index is -5.20. The highest BCUT2D eigenvalue weighted by Gasteiger charge is 2.37. The second-order valence-corrected chi connectivity index (χ2v) is 23.3. The molecule has 33 heteroatoms. The molecule has 0 saturated carbocycles. The van der Waals surface area contributed by atoms with Gasteiger partial charge in [0.1, 0.15) is 19.6 Å². The molecular weight excluding hydrogens is 1180 g/mol. The number of azo groups is 2. The van der Waals surface area contributed by atoms with E-state index in [1.165, 1.54) is 86.6 Å². The Morgan fingerprint density at radius 2 is 0.845 bits per heavy atom. The van der Waals surface area contributed by atoms with E-state index in [9.17, 15) is 86.1 Å². The van der Waals surface area contributed by atoms with E-state index in [1.54, 1.807) is 0 Å². The number of rotatable bonds is 18. The maximum atomic E-state index is 13.4. The lowest BCUT2D eigenvalue weighted by Gasteiger charge is -2.15. The van der Waals surface area contributed by atoms with Crippen molar-refractivity contribution in [3.05, 3.63) is 155 Å². The minimum absolute atomic E-state index is 0.0501. The first kappa shape index (κ1) is 60.2. The van der Waals surface area contributed by atoms with E-state index in [0.717, 1.165) is 82.9 Å². The fraction of sp³-hybridized carbons (Fsp3) is 0.0784. The van der Waals surface area contributed by atoms with Crippen molar-refractivity contribution in [1.29, 1.82) is 0 Å². The summed E-state index contributed by atoms with van der Waals surface area (Å²) in [5, 5.41) is 48.7. The van der Waals surface area contributed by atoms with Gasteiger partial charge in [-0.3, -0.25) is 27.8 Å². The van der Waals surface area contributed by atoms with Gasteiger partial charge in [0.25, 0.3) is 52.3 Å². The minimum Gasteiger partial charge on any atom is -0.478 e. The summed E-state index contributed by atoms with van der Waals surface area (Å²) in [7, 11) is -20.5. The number of carboxylic acids is 2. The van der Waals surface area contributed by atoms with E-state index in [-0.39, 0.29) is 67.6 Å². The number of hydrogen-bond donors (Lipinski definition) is 8. The van der Waals surface area contributed by atoms with E-state index in [4.69, 9.17) is 0 Å². The molecule has 6 aromatic carbocycles. The summed E-state index contributed by atoms with van der Waals surface area (Å²) >= 11 is 0. The summed E-state index contributed by atoms with van der Waals surface area (Å²) in [6, 6.07) is 19.9.